The van der Waals surface area contributed by atoms with Crippen LogP contribution in [0.1, 0.15) is 11.4 Å². The van der Waals surface area contributed by atoms with E-state index in [4.69, 9.17) is 11.6 Å². The zero-order chi connectivity index (χ0) is 11.5. The lowest BCUT2D eigenvalue weighted by Crippen LogP contribution is -1.98. The molecular weight excluding hydrogens is 289 g/mol. The molecule has 2 aromatic heterocycles. The number of rotatable bonds is 2. The van der Waals surface area contributed by atoms with Gasteiger partial charge in [0.2, 0.25) is 0 Å². The van der Waals surface area contributed by atoms with E-state index in [0.717, 1.165) is 21.6 Å². The lowest BCUT2D eigenvalue weighted by Gasteiger charge is -2.04. The standard InChI is InChI=1S/C11H9BrClN3/c1-7-5-8(6-13)16-11(15-7)10-9(12)3-2-4-14-10/h2-5H,6H2,1H3. The Bertz CT molecular complexity index is 516. The number of hydrogen-bond donors (Lipinski definition) is 0. The van der Waals surface area contributed by atoms with Gasteiger partial charge >= 0.3 is 0 Å². The van der Waals surface area contributed by atoms with Gasteiger partial charge in [0.25, 0.3) is 0 Å². The quantitative estimate of drug-likeness (QED) is 0.798. The first-order valence-corrected chi connectivity index (χ1v) is 6.05. The highest BCUT2D eigenvalue weighted by atomic mass is 79.9. The minimum absolute atomic E-state index is 0.376. The van der Waals surface area contributed by atoms with Crippen molar-refractivity contribution in [1.29, 1.82) is 0 Å². The van der Waals surface area contributed by atoms with Crippen LogP contribution >= 0.6 is 27.5 Å². The van der Waals surface area contributed by atoms with Crippen molar-refractivity contribution < 1.29 is 0 Å². The molecule has 0 bridgehead atoms. The molecule has 0 saturated carbocycles. The lowest BCUT2D eigenvalue weighted by atomic mass is 10.3. The molecule has 0 unspecified atom stereocenters. The summed E-state index contributed by atoms with van der Waals surface area (Å²) in [5.41, 5.74) is 2.43. The van der Waals surface area contributed by atoms with Gasteiger partial charge in [-0.1, -0.05) is 0 Å². The van der Waals surface area contributed by atoms with Gasteiger partial charge in [-0.15, -0.1) is 11.6 Å². The molecule has 3 nitrogen and oxygen atoms in total. The van der Waals surface area contributed by atoms with Gasteiger partial charge in [-0.3, -0.25) is 4.98 Å². The van der Waals surface area contributed by atoms with Crippen molar-refractivity contribution in [3.63, 3.8) is 0 Å². The van der Waals surface area contributed by atoms with Gasteiger partial charge in [-0.2, -0.15) is 0 Å². The minimum atomic E-state index is 0.376. The second-order valence-corrected chi connectivity index (χ2v) is 4.41. The maximum atomic E-state index is 5.78. The number of aryl methyl sites for hydroxylation is 1. The van der Waals surface area contributed by atoms with Crippen molar-refractivity contribution in [3.05, 3.63) is 40.3 Å². The Morgan fingerprint density at radius 1 is 1.38 bits per heavy atom. The maximum Gasteiger partial charge on any atom is 0.179 e. The van der Waals surface area contributed by atoms with Crippen molar-refractivity contribution in [2.24, 2.45) is 0 Å². The molecular formula is C11H9BrClN3. The number of pyridine rings is 1. The number of halogens is 2. The van der Waals surface area contributed by atoms with E-state index in [1.165, 1.54) is 0 Å². The van der Waals surface area contributed by atoms with E-state index < -0.39 is 0 Å². The SMILES string of the molecule is Cc1cc(CCl)nc(-c2ncccc2Br)n1. The van der Waals surface area contributed by atoms with Crippen molar-refractivity contribution in [2.45, 2.75) is 12.8 Å². The van der Waals surface area contributed by atoms with Crippen LogP contribution in [0.15, 0.2) is 28.9 Å². The van der Waals surface area contributed by atoms with E-state index in [2.05, 4.69) is 30.9 Å². The predicted molar refractivity (Wildman–Crippen MR) is 67.3 cm³/mol. The molecule has 2 aromatic rings. The minimum Gasteiger partial charge on any atom is -0.252 e. The van der Waals surface area contributed by atoms with Crippen molar-refractivity contribution in [1.82, 2.24) is 15.0 Å². The monoisotopic (exact) mass is 297 g/mol. The van der Waals surface area contributed by atoms with E-state index in [-0.39, 0.29) is 0 Å². The molecule has 0 atom stereocenters. The van der Waals surface area contributed by atoms with Crippen LogP contribution < -0.4 is 0 Å². The highest BCUT2D eigenvalue weighted by Gasteiger charge is 2.08. The van der Waals surface area contributed by atoms with Crippen molar-refractivity contribution in [2.75, 3.05) is 0 Å². The Labute approximate surface area is 107 Å². The van der Waals surface area contributed by atoms with Gasteiger partial charge in [0.1, 0.15) is 5.69 Å². The Kier molecular flexibility index (Phi) is 3.51. The van der Waals surface area contributed by atoms with E-state index in [9.17, 15) is 0 Å². The van der Waals surface area contributed by atoms with Gasteiger partial charge in [0, 0.05) is 16.4 Å². The molecule has 0 aliphatic rings. The van der Waals surface area contributed by atoms with Gasteiger partial charge in [0.05, 0.1) is 11.6 Å². The Morgan fingerprint density at radius 3 is 2.88 bits per heavy atom. The molecule has 0 amide bonds. The second kappa shape index (κ2) is 4.89. The summed E-state index contributed by atoms with van der Waals surface area (Å²) < 4.78 is 0.876. The first-order valence-electron chi connectivity index (χ1n) is 4.72. The van der Waals surface area contributed by atoms with Gasteiger partial charge in [0.15, 0.2) is 5.82 Å². The predicted octanol–water partition coefficient (Wildman–Crippen LogP) is 3.35. The maximum absolute atomic E-state index is 5.78. The average molecular weight is 299 g/mol. The number of hydrogen-bond acceptors (Lipinski definition) is 3. The molecule has 5 heteroatoms. The molecule has 0 aliphatic carbocycles. The highest BCUT2D eigenvalue weighted by Crippen LogP contribution is 2.23. The summed E-state index contributed by atoms with van der Waals surface area (Å²) in [4.78, 5) is 12.9. The summed E-state index contributed by atoms with van der Waals surface area (Å²) in [5, 5.41) is 0. The lowest BCUT2D eigenvalue weighted by molar-refractivity contribution is 1.03. The highest BCUT2D eigenvalue weighted by molar-refractivity contribution is 9.10. The number of aromatic nitrogens is 3. The molecule has 0 N–H and O–H groups in total. The molecule has 0 saturated heterocycles. The van der Waals surface area contributed by atoms with E-state index in [1.807, 2.05) is 25.1 Å². The molecule has 2 rings (SSSR count). The largest absolute Gasteiger partial charge is 0.252 e. The number of nitrogens with zero attached hydrogens (tertiary/aromatic N) is 3. The third kappa shape index (κ3) is 2.39. The summed E-state index contributed by atoms with van der Waals surface area (Å²) in [7, 11) is 0. The van der Waals surface area contributed by atoms with Gasteiger partial charge in [-0.25, -0.2) is 9.97 Å². The molecule has 2 heterocycles. The summed E-state index contributed by atoms with van der Waals surface area (Å²) in [6.45, 7) is 1.91. The topological polar surface area (TPSA) is 38.7 Å². The van der Waals surface area contributed by atoms with Crippen molar-refractivity contribution in [3.8, 4) is 11.5 Å². The Balaban J connectivity index is 2.56. The smallest absolute Gasteiger partial charge is 0.179 e. The van der Waals surface area contributed by atoms with Crippen LogP contribution in [-0.2, 0) is 5.88 Å². The van der Waals surface area contributed by atoms with E-state index >= 15 is 0 Å². The molecule has 16 heavy (non-hydrogen) atoms. The summed E-state index contributed by atoms with van der Waals surface area (Å²) in [5.74, 6) is 0.976. The molecule has 0 aromatic carbocycles. The van der Waals surface area contributed by atoms with Crippen LogP contribution in [0, 0.1) is 6.92 Å². The zero-order valence-corrected chi connectivity index (χ0v) is 11.0. The van der Waals surface area contributed by atoms with Crippen LogP contribution in [0.5, 0.6) is 0 Å². The Hall–Kier alpha value is -1.000. The molecule has 0 fully saturated rings. The zero-order valence-electron chi connectivity index (χ0n) is 8.61. The normalized spacial score (nSPS) is 10.4. The Morgan fingerprint density at radius 2 is 2.19 bits per heavy atom. The van der Waals surface area contributed by atoms with E-state index in [1.54, 1.807) is 6.20 Å². The molecule has 0 radical (unpaired) electrons. The average Bonchev–Trinajstić information content (AvgIpc) is 2.28. The molecule has 82 valence electrons. The summed E-state index contributed by atoms with van der Waals surface area (Å²) in [6.07, 6.45) is 1.71. The summed E-state index contributed by atoms with van der Waals surface area (Å²) in [6, 6.07) is 5.63. The van der Waals surface area contributed by atoms with Crippen LogP contribution in [0.25, 0.3) is 11.5 Å². The van der Waals surface area contributed by atoms with Crippen LogP contribution in [0.4, 0.5) is 0 Å². The fraction of sp³-hybridized carbons (Fsp3) is 0.182. The van der Waals surface area contributed by atoms with Crippen LogP contribution in [-0.4, -0.2) is 15.0 Å². The fourth-order valence-corrected chi connectivity index (χ4v) is 1.93. The van der Waals surface area contributed by atoms with Crippen LogP contribution in [0.2, 0.25) is 0 Å². The van der Waals surface area contributed by atoms with Crippen molar-refractivity contribution >= 4 is 27.5 Å². The van der Waals surface area contributed by atoms with Crippen LogP contribution in [0.3, 0.4) is 0 Å². The molecule has 0 spiro atoms. The summed E-state index contributed by atoms with van der Waals surface area (Å²) >= 11 is 9.20. The van der Waals surface area contributed by atoms with Gasteiger partial charge in [-0.05, 0) is 41.1 Å². The third-order valence-corrected chi connectivity index (χ3v) is 2.93. The fourth-order valence-electron chi connectivity index (χ4n) is 1.36. The number of alkyl halides is 1. The first kappa shape index (κ1) is 11.5. The first-order chi connectivity index (χ1) is 7.70. The third-order valence-electron chi connectivity index (χ3n) is 2.01. The second-order valence-electron chi connectivity index (χ2n) is 3.29. The van der Waals surface area contributed by atoms with Gasteiger partial charge < -0.3 is 0 Å². The molecule has 0 aliphatic heterocycles. The van der Waals surface area contributed by atoms with E-state index in [0.29, 0.717) is 11.7 Å².